The minimum atomic E-state index is -0.363. The number of carbonyl (C=O) groups is 2. The van der Waals surface area contributed by atoms with Gasteiger partial charge < -0.3 is 19.5 Å². The summed E-state index contributed by atoms with van der Waals surface area (Å²) in [5, 5.41) is 0. The monoisotopic (exact) mass is 307 g/mol. The number of H-pyrrole nitrogens is 1. The zero-order valence-electron chi connectivity index (χ0n) is 12.9. The summed E-state index contributed by atoms with van der Waals surface area (Å²) in [5.41, 5.74) is -0.196. The van der Waals surface area contributed by atoms with Crippen molar-refractivity contribution in [2.24, 2.45) is 0 Å². The molecule has 120 valence electrons. The molecule has 1 aliphatic rings. The molecule has 22 heavy (non-hydrogen) atoms. The molecule has 1 aliphatic heterocycles. The standard InChI is InChI=1S/C15H21N3O4/c1-3-4-5-17-6-7-18(10-14(17)20)15(21)11-8-12(19)13(22-2)9-16-11/h8-9H,3-7,10H2,1-2H3,(H,16,19). The van der Waals surface area contributed by atoms with Crippen LogP contribution in [0.3, 0.4) is 0 Å². The molecule has 1 aromatic heterocycles. The van der Waals surface area contributed by atoms with Crippen molar-refractivity contribution < 1.29 is 14.3 Å². The lowest BCUT2D eigenvalue weighted by atomic mass is 10.2. The Kier molecular flexibility index (Phi) is 5.19. The summed E-state index contributed by atoms with van der Waals surface area (Å²) in [6.07, 6.45) is 3.35. The van der Waals surface area contributed by atoms with Crippen LogP contribution in [0.2, 0.25) is 0 Å². The van der Waals surface area contributed by atoms with Gasteiger partial charge in [0.2, 0.25) is 11.3 Å². The van der Waals surface area contributed by atoms with Crippen LogP contribution in [0.15, 0.2) is 17.1 Å². The molecule has 0 bridgehead atoms. The average Bonchev–Trinajstić information content (AvgIpc) is 2.53. The molecular weight excluding hydrogens is 286 g/mol. The molecule has 0 spiro atoms. The highest BCUT2D eigenvalue weighted by atomic mass is 16.5. The van der Waals surface area contributed by atoms with E-state index < -0.39 is 0 Å². The Hall–Kier alpha value is -2.31. The molecule has 2 rings (SSSR count). The van der Waals surface area contributed by atoms with Gasteiger partial charge in [0.25, 0.3) is 5.91 Å². The van der Waals surface area contributed by atoms with Crippen LogP contribution >= 0.6 is 0 Å². The largest absolute Gasteiger partial charge is 0.491 e. The van der Waals surface area contributed by atoms with E-state index in [1.807, 2.05) is 0 Å². The number of methoxy groups -OCH3 is 1. The first-order chi connectivity index (χ1) is 10.6. The molecule has 0 unspecified atom stereocenters. The van der Waals surface area contributed by atoms with Gasteiger partial charge in [0, 0.05) is 31.9 Å². The van der Waals surface area contributed by atoms with Gasteiger partial charge in [-0.25, -0.2) is 0 Å². The zero-order valence-corrected chi connectivity index (χ0v) is 12.9. The lowest BCUT2D eigenvalue weighted by Gasteiger charge is -2.34. The zero-order chi connectivity index (χ0) is 16.1. The van der Waals surface area contributed by atoms with Crippen LogP contribution < -0.4 is 10.2 Å². The molecule has 0 radical (unpaired) electrons. The second kappa shape index (κ2) is 7.11. The van der Waals surface area contributed by atoms with Gasteiger partial charge in [-0.3, -0.25) is 14.4 Å². The maximum absolute atomic E-state index is 12.4. The molecule has 1 N–H and O–H groups in total. The number of rotatable bonds is 5. The number of aromatic nitrogens is 1. The third-order valence-electron chi connectivity index (χ3n) is 3.71. The van der Waals surface area contributed by atoms with Crippen LogP contribution in [-0.4, -0.2) is 59.9 Å². The number of hydrogen-bond donors (Lipinski definition) is 1. The fourth-order valence-electron chi connectivity index (χ4n) is 2.38. The number of ether oxygens (including phenoxy) is 1. The summed E-state index contributed by atoms with van der Waals surface area (Å²) < 4.78 is 4.86. The number of amides is 2. The SMILES string of the molecule is CCCCN1CCN(C(=O)c2cc(=O)c(OC)c[nH]2)CC1=O. The van der Waals surface area contributed by atoms with Crippen molar-refractivity contribution in [1.82, 2.24) is 14.8 Å². The van der Waals surface area contributed by atoms with E-state index in [2.05, 4.69) is 11.9 Å². The molecule has 0 aliphatic carbocycles. The summed E-state index contributed by atoms with van der Waals surface area (Å²) in [7, 11) is 1.39. The van der Waals surface area contributed by atoms with Crippen molar-refractivity contribution in [3.8, 4) is 5.75 Å². The molecule has 2 amide bonds. The van der Waals surface area contributed by atoms with Crippen LogP contribution in [0.25, 0.3) is 0 Å². The number of pyridine rings is 1. The number of hydrogen-bond acceptors (Lipinski definition) is 4. The predicted octanol–water partition coefficient (Wildman–Crippen LogP) is 0.468. The van der Waals surface area contributed by atoms with Gasteiger partial charge in [0.05, 0.1) is 7.11 Å². The topological polar surface area (TPSA) is 82.7 Å². The Balaban J connectivity index is 2.04. The molecule has 2 heterocycles. The van der Waals surface area contributed by atoms with E-state index in [1.54, 1.807) is 4.90 Å². The van der Waals surface area contributed by atoms with Crippen LogP contribution in [0.4, 0.5) is 0 Å². The van der Waals surface area contributed by atoms with Crippen molar-refractivity contribution in [1.29, 1.82) is 0 Å². The Morgan fingerprint density at radius 1 is 1.36 bits per heavy atom. The summed E-state index contributed by atoms with van der Waals surface area (Å²) in [5.74, 6) is -0.246. The molecule has 0 saturated carbocycles. The minimum absolute atomic E-state index is 0.0519. The highest BCUT2D eigenvalue weighted by molar-refractivity contribution is 5.95. The van der Waals surface area contributed by atoms with Gasteiger partial charge in [-0.2, -0.15) is 0 Å². The van der Waals surface area contributed by atoms with Crippen LogP contribution in [0, 0.1) is 0 Å². The van der Waals surface area contributed by atoms with Crippen molar-refractivity contribution in [2.75, 3.05) is 33.3 Å². The van der Waals surface area contributed by atoms with E-state index in [1.165, 1.54) is 24.3 Å². The molecule has 1 saturated heterocycles. The quantitative estimate of drug-likeness (QED) is 0.857. The van der Waals surface area contributed by atoms with Crippen molar-refractivity contribution in [3.63, 3.8) is 0 Å². The molecular formula is C15H21N3O4. The molecule has 1 fully saturated rings. The highest BCUT2D eigenvalue weighted by Gasteiger charge is 2.27. The van der Waals surface area contributed by atoms with Gasteiger partial charge in [0.15, 0.2) is 5.75 Å². The fourth-order valence-corrected chi connectivity index (χ4v) is 2.38. The highest BCUT2D eigenvalue weighted by Crippen LogP contribution is 2.09. The van der Waals surface area contributed by atoms with Gasteiger partial charge >= 0.3 is 0 Å². The smallest absolute Gasteiger partial charge is 0.270 e. The third-order valence-corrected chi connectivity index (χ3v) is 3.71. The number of piperazine rings is 1. The van der Waals surface area contributed by atoms with Crippen molar-refractivity contribution in [3.05, 3.63) is 28.2 Å². The van der Waals surface area contributed by atoms with Gasteiger partial charge in [0.1, 0.15) is 12.2 Å². The average molecular weight is 307 g/mol. The third kappa shape index (κ3) is 3.47. The lowest BCUT2D eigenvalue weighted by Crippen LogP contribution is -2.52. The molecule has 7 heteroatoms. The number of unbranched alkanes of at least 4 members (excludes halogenated alkanes) is 1. The Morgan fingerprint density at radius 2 is 2.14 bits per heavy atom. The van der Waals surface area contributed by atoms with Gasteiger partial charge in [-0.1, -0.05) is 13.3 Å². The predicted molar refractivity (Wildman–Crippen MR) is 81.0 cm³/mol. The molecule has 1 aromatic rings. The maximum atomic E-state index is 12.4. The molecule has 7 nitrogen and oxygen atoms in total. The van der Waals surface area contributed by atoms with E-state index in [-0.39, 0.29) is 35.2 Å². The van der Waals surface area contributed by atoms with Crippen LogP contribution in [0.5, 0.6) is 5.75 Å². The van der Waals surface area contributed by atoms with Crippen LogP contribution in [0.1, 0.15) is 30.3 Å². The van der Waals surface area contributed by atoms with Crippen molar-refractivity contribution in [2.45, 2.75) is 19.8 Å². The second-order valence-electron chi connectivity index (χ2n) is 5.24. The first-order valence-electron chi connectivity index (χ1n) is 7.40. The first kappa shape index (κ1) is 16.1. The van der Waals surface area contributed by atoms with E-state index in [9.17, 15) is 14.4 Å². The minimum Gasteiger partial charge on any atom is -0.491 e. The fraction of sp³-hybridized carbons (Fsp3) is 0.533. The summed E-state index contributed by atoms with van der Waals surface area (Å²) in [6.45, 7) is 3.87. The van der Waals surface area contributed by atoms with E-state index in [0.717, 1.165) is 19.4 Å². The van der Waals surface area contributed by atoms with Gasteiger partial charge in [-0.15, -0.1) is 0 Å². The normalized spacial score (nSPS) is 15.1. The number of aromatic amines is 1. The Labute approximate surface area is 128 Å². The summed E-state index contributed by atoms with van der Waals surface area (Å²) in [4.78, 5) is 42.1. The van der Waals surface area contributed by atoms with Crippen molar-refractivity contribution >= 4 is 11.8 Å². The van der Waals surface area contributed by atoms with E-state index in [0.29, 0.717) is 13.1 Å². The lowest BCUT2D eigenvalue weighted by molar-refractivity contribution is -0.135. The second-order valence-corrected chi connectivity index (χ2v) is 5.24. The first-order valence-corrected chi connectivity index (χ1v) is 7.40. The summed E-state index contributed by atoms with van der Waals surface area (Å²) in [6, 6.07) is 1.20. The summed E-state index contributed by atoms with van der Waals surface area (Å²) >= 11 is 0. The van der Waals surface area contributed by atoms with E-state index >= 15 is 0 Å². The maximum Gasteiger partial charge on any atom is 0.270 e. The number of carbonyl (C=O) groups excluding carboxylic acids is 2. The van der Waals surface area contributed by atoms with Crippen LogP contribution in [-0.2, 0) is 4.79 Å². The Bertz CT molecular complexity index is 611. The van der Waals surface area contributed by atoms with E-state index in [4.69, 9.17) is 4.74 Å². The number of nitrogens with one attached hydrogen (secondary N) is 1. The van der Waals surface area contributed by atoms with Gasteiger partial charge in [-0.05, 0) is 6.42 Å². The Morgan fingerprint density at radius 3 is 2.73 bits per heavy atom. The molecule has 0 aromatic carbocycles. The number of nitrogens with zero attached hydrogens (tertiary/aromatic N) is 2. The molecule has 0 atom stereocenters.